The minimum Gasteiger partial charge on any atom is -0.256 e. The molecule has 1 atom stereocenters. The molecule has 1 aliphatic rings. The maximum absolute atomic E-state index is 4.80. The number of nitrogens with zero attached hydrogens (tertiary/aromatic N) is 1. The van der Waals surface area contributed by atoms with E-state index in [-0.39, 0.29) is 5.25 Å². The van der Waals surface area contributed by atoms with Crippen molar-refractivity contribution in [2.45, 2.75) is 11.7 Å². The van der Waals surface area contributed by atoms with Gasteiger partial charge in [0.15, 0.2) is 0 Å². The van der Waals surface area contributed by atoms with Gasteiger partial charge < -0.3 is 0 Å². The normalized spacial score (nSPS) is 16.1. The van der Waals surface area contributed by atoms with Gasteiger partial charge >= 0.3 is 0 Å². The first kappa shape index (κ1) is 21.2. The quantitative estimate of drug-likeness (QED) is 0.272. The summed E-state index contributed by atoms with van der Waals surface area (Å²) in [5, 5.41) is 0.260. The lowest BCUT2D eigenvalue weighted by molar-refractivity contribution is 1.01. The molecule has 33 heavy (non-hydrogen) atoms. The van der Waals surface area contributed by atoms with Gasteiger partial charge in [0.2, 0.25) is 0 Å². The Bertz CT molecular complexity index is 1270. The van der Waals surface area contributed by atoms with Crippen LogP contribution in [0.4, 0.5) is 5.69 Å². The molecule has 4 aromatic carbocycles. The summed E-state index contributed by atoms with van der Waals surface area (Å²) in [6, 6.07) is 42.4. The first-order chi connectivity index (χ1) is 16.4. The lowest BCUT2D eigenvalue weighted by atomic mass is 9.94. The molecular formula is C31H25NS. The van der Waals surface area contributed by atoms with Crippen molar-refractivity contribution in [1.29, 1.82) is 0 Å². The fourth-order valence-electron chi connectivity index (χ4n) is 4.07. The number of hydrogen-bond donors (Lipinski definition) is 0. The Morgan fingerprint density at radius 3 is 1.91 bits per heavy atom. The molecule has 1 unspecified atom stereocenters. The zero-order chi connectivity index (χ0) is 22.3. The van der Waals surface area contributed by atoms with Gasteiger partial charge in [0.05, 0.1) is 10.9 Å². The first-order valence-corrected chi connectivity index (χ1v) is 12.1. The van der Waals surface area contributed by atoms with E-state index in [4.69, 9.17) is 4.99 Å². The third-order valence-electron chi connectivity index (χ3n) is 5.67. The van der Waals surface area contributed by atoms with Crippen LogP contribution < -0.4 is 0 Å². The van der Waals surface area contributed by atoms with Crippen molar-refractivity contribution < 1.29 is 0 Å². The topological polar surface area (TPSA) is 12.4 Å². The Hall–Kier alpha value is -3.62. The fourth-order valence-corrected chi connectivity index (χ4v) is 5.42. The molecule has 0 saturated carbocycles. The third kappa shape index (κ3) is 5.24. The SMILES string of the molecule is C(=Nc1ccccc1)C1=C(c2ccccc2)SC(c2ccccc2)C(Cc2ccccc2)=C1. The van der Waals surface area contributed by atoms with E-state index >= 15 is 0 Å². The second-order valence-electron chi connectivity index (χ2n) is 8.03. The van der Waals surface area contributed by atoms with Gasteiger partial charge in [-0.05, 0) is 40.8 Å². The van der Waals surface area contributed by atoms with Crippen molar-refractivity contribution in [3.05, 3.63) is 155 Å². The number of para-hydroxylation sites is 1. The molecule has 0 aromatic heterocycles. The predicted octanol–water partition coefficient (Wildman–Crippen LogP) is 8.46. The van der Waals surface area contributed by atoms with Crippen molar-refractivity contribution in [3.63, 3.8) is 0 Å². The van der Waals surface area contributed by atoms with Gasteiger partial charge in [-0.1, -0.05) is 115 Å². The molecule has 1 aliphatic heterocycles. The lowest BCUT2D eigenvalue weighted by Gasteiger charge is -2.28. The molecular weight excluding hydrogens is 418 g/mol. The zero-order valence-electron chi connectivity index (χ0n) is 18.3. The van der Waals surface area contributed by atoms with Gasteiger partial charge in [-0.15, -0.1) is 11.8 Å². The van der Waals surface area contributed by atoms with Gasteiger partial charge in [0.25, 0.3) is 0 Å². The van der Waals surface area contributed by atoms with E-state index in [2.05, 4.69) is 97.1 Å². The van der Waals surface area contributed by atoms with Gasteiger partial charge in [-0.25, -0.2) is 0 Å². The van der Waals surface area contributed by atoms with E-state index < -0.39 is 0 Å². The summed E-state index contributed by atoms with van der Waals surface area (Å²) in [6.07, 6.45) is 5.30. The number of thioether (sulfide) groups is 1. The summed E-state index contributed by atoms with van der Waals surface area (Å²) < 4.78 is 0. The average molecular weight is 444 g/mol. The highest BCUT2D eigenvalue weighted by atomic mass is 32.2. The number of benzene rings is 4. The van der Waals surface area contributed by atoms with E-state index in [0.29, 0.717) is 0 Å². The molecule has 0 N–H and O–H groups in total. The summed E-state index contributed by atoms with van der Waals surface area (Å²) >= 11 is 1.93. The van der Waals surface area contributed by atoms with Crippen LogP contribution >= 0.6 is 11.8 Å². The molecule has 0 amide bonds. The smallest absolute Gasteiger partial charge is 0.0629 e. The van der Waals surface area contributed by atoms with Crippen LogP contribution in [0.3, 0.4) is 0 Å². The van der Waals surface area contributed by atoms with E-state index in [1.165, 1.54) is 27.2 Å². The molecule has 0 aliphatic carbocycles. The standard InChI is InChI=1S/C31H25NS/c1-5-13-24(14-6-1)21-27-22-28(23-32-29-19-11-4-12-20-29)31(26-17-9-3-10-18-26)33-30(27)25-15-7-2-8-16-25/h1-20,22-23,30H,21H2. The van der Waals surface area contributed by atoms with Gasteiger partial charge in [-0.3, -0.25) is 4.99 Å². The van der Waals surface area contributed by atoms with E-state index in [1.807, 2.05) is 48.3 Å². The Labute approximate surface area is 200 Å². The van der Waals surface area contributed by atoms with Crippen LogP contribution in [0.1, 0.15) is 21.9 Å². The average Bonchev–Trinajstić information content (AvgIpc) is 2.90. The van der Waals surface area contributed by atoms with Crippen LogP contribution in [0.2, 0.25) is 0 Å². The van der Waals surface area contributed by atoms with Crippen molar-refractivity contribution in [1.82, 2.24) is 0 Å². The van der Waals surface area contributed by atoms with E-state index in [0.717, 1.165) is 17.7 Å². The second-order valence-corrected chi connectivity index (χ2v) is 9.15. The number of aliphatic imine (C=N–C) groups is 1. The van der Waals surface area contributed by atoms with Crippen molar-refractivity contribution in [2.75, 3.05) is 0 Å². The minimum absolute atomic E-state index is 0.260. The van der Waals surface area contributed by atoms with Crippen LogP contribution in [0.25, 0.3) is 4.91 Å². The van der Waals surface area contributed by atoms with Crippen LogP contribution in [-0.2, 0) is 6.42 Å². The molecule has 2 heteroatoms. The van der Waals surface area contributed by atoms with Crippen LogP contribution in [0.5, 0.6) is 0 Å². The maximum Gasteiger partial charge on any atom is 0.0629 e. The second kappa shape index (κ2) is 10.3. The summed E-state index contributed by atoms with van der Waals surface area (Å²) in [5.41, 5.74) is 7.41. The molecule has 0 bridgehead atoms. The van der Waals surface area contributed by atoms with Crippen molar-refractivity contribution in [2.24, 2.45) is 4.99 Å². The molecule has 5 rings (SSSR count). The molecule has 0 saturated heterocycles. The van der Waals surface area contributed by atoms with Crippen molar-refractivity contribution in [3.8, 4) is 0 Å². The summed E-state index contributed by atoms with van der Waals surface area (Å²) in [6.45, 7) is 0. The van der Waals surface area contributed by atoms with Gasteiger partial charge in [0, 0.05) is 16.7 Å². The summed E-state index contributed by atoms with van der Waals surface area (Å²) in [4.78, 5) is 6.07. The highest BCUT2D eigenvalue weighted by Crippen LogP contribution is 2.50. The Morgan fingerprint density at radius 1 is 0.667 bits per heavy atom. The van der Waals surface area contributed by atoms with Crippen LogP contribution in [0, 0.1) is 0 Å². The molecule has 1 nitrogen and oxygen atoms in total. The third-order valence-corrected chi connectivity index (χ3v) is 7.19. The highest BCUT2D eigenvalue weighted by molar-refractivity contribution is 8.08. The number of rotatable bonds is 6. The Kier molecular flexibility index (Phi) is 6.65. The summed E-state index contributed by atoms with van der Waals surface area (Å²) in [5.74, 6) is 0. The van der Waals surface area contributed by atoms with E-state index in [1.54, 1.807) is 0 Å². The highest BCUT2D eigenvalue weighted by Gasteiger charge is 2.26. The van der Waals surface area contributed by atoms with Crippen LogP contribution in [-0.4, -0.2) is 6.21 Å². The zero-order valence-corrected chi connectivity index (χ0v) is 19.2. The number of hydrogen-bond acceptors (Lipinski definition) is 2. The molecule has 0 fully saturated rings. The lowest BCUT2D eigenvalue weighted by Crippen LogP contribution is -2.08. The Morgan fingerprint density at radius 2 is 1.24 bits per heavy atom. The molecule has 1 heterocycles. The minimum atomic E-state index is 0.260. The van der Waals surface area contributed by atoms with Gasteiger partial charge in [0.1, 0.15) is 0 Å². The first-order valence-electron chi connectivity index (χ1n) is 11.2. The molecule has 0 radical (unpaired) electrons. The molecule has 0 spiro atoms. The largest absolute Gasteiger partial charge is 0.256 e. The molecule has 4 aromatic rings. The van der Waals surface area contributed by atoms with Crippen molar-refractivity contribution >= 4 is 28.6 Å². The maximum atomic E-state index is 4.80. The molecule has 160 valence electrons. The Balaban J connectivity index is 1.61. The fraction of sp³-hybridized carbons (Fsp3) is 0.0645. The van der Waals surface area contributed by atoms with E-state index in [9.17, 15) is 0 Å². The predicted molar refractivity (Wildman–Crippen MR) is 143 cm³/mol. The van der Waals surface area contributed by atoms with Gasteiger partial charge in [-0.2, -0.15) is 0 Å². The monoisotopic (exact) mass is 443 g/mol. The summed E-state index contributed by atoms with van der Waals surface area (Å²) in [7, 11) is 0. The number of allylic oxidation sites excluding steroid dienone is 2. The van der Waals surface area contributed by atoms with Crippen LogP contribution in [0.15, 0.2) is 144 Å².